The van der Waals surface area contributed by atoms with Gasteiger partial charge in [-0.15, -0.1) is 0 Å². The molecule has 1 heterocycles. The van der Waals surface area contributed by atoms with Crippen molar-refractivity contribution in [3.63, 3.8) is 0 Å². The number of amides is 1. The minimum atomic E-state index is -1.19. The molecule has 1 amide bonds. The van der Waals surface area contributed by atoms with E-state index in [1.54, 1.807) is 6.92 Å². The molecule has 0 radical (unpaired) electrons. The third-order valence-corrected chi connectivity index (χ3v) is 3.97. The molecule has 0 aliphatic carbocycles. The number of aromatic carboxylic acids is 1. The van der Waals surface area contributed by atoms with Gasteiger partial charge in [-0.25, -0.2) is 4.79 Å². The van der Waals surface area contributed by atoms with Crippen molar-refractivity contribution in [3.05, 3.63) is 70.4 Å². The van der Waals surface area contributed by atoms with Crippen LogP contribution in [0.25, 0.3) is 11.3 Å². The Morgan fingerprint density at radius 2 is 1.84 bits per heavy atom. The molecule has 0 saturated carbocycles. The molecule has 0 fully saturated rings. The molecule has 0 bridgehead atoms. The molecule has 2 N–H and O–H groups in total. The van der Waals surface area contributed by atoms with Crippen LogP contribution >= 0.6 is 11.6 Å². The molecule has 0 aliphatic heterocycles. The van der Waals surface area contributed by atoms with Crippen molar-refractivity contribution in [2.24, 2.45) is 0 Å². The second kappa shape index (κ2) is 6.78. The fraction of sp³-hybridized carbons (Fsp3) is 0.0556. The van der Waals surface area contributed by atoms with E-state index in [9.17, 15) is 14.7 Å². The number of nitrogens with zero attached hydrogens (tertiary/aromatic N) is 1. The summed E-state index contributed by atoms with van der Waals surface area (Å²) in [4.78, 5) is 23.8. The van der Waals surface area contributed by atoms with Gasteiger partial charge in [-0.3, -0.25) is 4.79 Å². The van der Waals surface area contributed by atoms with Gasteiger partial charge < -0.3 is 14.9 Å². The van der Waals surface area contributed by atoms with Crippen LogP contribution in [-0.2, 0) is 0 Å². The van der Waals surface area contributed by atoms with E-state index < -0.39 is 11.9 Å². The fourth-order valence-electron chi connectivity index (χ4n) is 2.41. The van der Waals surface area contributed by atoms with E-state index in [1.807, 2.05) is 30.3 Å². The summed E-state index contributed by atoms with van der Waals surface area (Å²) in [7, 11) is 0. The predicted octanol–water partition coefficient (Wildman–Crippen LogP) is 4.25. The summed E-state index contributed by atoms with van der Waals surface area (Å²) in [6, 6.07) is 13.6. The van der Waals surface area contributed by atoms with E-state index in [0.29, 0.717) is 11.3 Å². The highest BCUT2D eigenvalue weighted by Crippen LogP contribution is 2.29. The van der Waals surface area contributed by atoms with Crippen LogP contribution in [-0.4, -0.2) is 22.1 Å². The largest absolute Gasteiger partial charge is 0.478 e. The van der Waals surface area contributed by atoms with Gasteiger partial charge in [0.2, 0.25) is 0 Å². The number of carboxylic acids is 1. The second-order valence-electron chi connectivity index (χ2n) is 5.27. The summed E-state index contributed by atoms with van der Waals surface area (Å²) >= 11 is 6.02. The predicted molar refractivity (Wildman–Crippen MR) is 93.0 cm³/mol. The Hall–Kier alpha value is -3.12. The number of para-hydroxylation sites is 1. The first-order valence-corrected chi connectivity index (χ1v) is 7.71. The number of hydrogen-bond donors (Lipinski definition) is 2. The monoisotopic (exact) mass is 356 g/mol. The lowest BCUT2D eigenvalue weighted by molar-refractivity contribution is 0.0698. The molecule has 0 unspecified atom stereocenters. The zero-order chi connectivity index (χ0) is 18.0. The average molecular weight is 357 g/mol. The van der Waals surface area contributed by atoms with E-state index in [0.717, 1.165) is 5.56 Å². The Kier molecular flexibility index (Phi) is 4.54. The Morgan fingerprint density at radius 1 is 1.12 bits per heavy atom. The average Bonchev–Trinajstić information content (AvgIpc) is 2.98. The van der Waals surface area contributed by atoms with E-state index >= 15 is 0 Å². The number of carboxylic acid groups (broad SMARTS) is 1. The minimum absolute atomic E-state index is 0.0188. The van der Waals surface area contributed by atoms with Crippen molar-refractivity contribution in [2.45, 2.75) is 6.92 Å². The van der Waals surface area contributed by atoms with Crippen LogP contribution in [0.1, 0.15) is 26.4 Å². The maximum atomic E-state index is 12.5. The number of carbonyl (C=O) groups excluding carboxylic acids is 1. The molecule has 7 heteroatoms. The van der Waals surface area contributed by atoms with Crippen molar-refractivity contribution in [2.75, 3.05) is 5.32 Å². The summed E-state index contributed by atoms with van der Waals surface area (Å²) in [6.45, 7) is 1.71. The van der Waals surface area contributed by atoms with Gasteiger partial charge in [0.05, 0.1) is 16.3 Å². The lowest BCUT2D eigenvalue weighted by Gasteiger charge is -2.09. The third kappa shape index (κ3) is 3.25. The standard InChI is InChI=1S/C18H13ClN2O4/c1-10-14(21-25-16(10)11-6-3-2-4-7-11)17(22)20-15-12(18(23)24)8-5-9-13(15)19/h2-9H,1H3,(H,20,22)(H,23,24). The molecular weight excluding hydrogens is 344 g/mol. The topological polar surface area (TPSA) is 92.4 Å². The van der Waals surface area contributed by atoms with Gasteiger partial charge in [0.25, 0.3) is 5.91 Å². The molecule has 2 aromatic carbocycles. The number of benzene rings is 2. The van der Waals surface area contributed by atoms with Crippen LogP contribution in [0.15, 0.2) is 53.1 Å². The van der Waals surface area contributed by atoms with Crippen molar-refractivity contribution < 1.29 is 19.2 Å². The van der Waals surface area contributed by atoms with Crippen molar-refractivity contribution >= 4 is 29.2 Å². The van der Waals surface area contributed by atoms with Crippen LogP contribution < -0.4 is 5.32 Å². The molecule has 0 saturated heterocycles. The quantitative estimate of drug-likeness (QED) is 0.728. The molecule has 25 heavy (non-hydrogen) atoms. The number of nitrogens with one attached hydrogen (secondary N) is 1. The van der Waals surface area contributed by atoms with Crippen LogP contribution in [0, 0.1) is 6.92 Å². The highest BCUT2D eigenvalue weighted by atomic mass is 35.5. The molecule has 0 atom stereocenters. The molecule has 3 rings (SSSR count). The number of hydrogen-bond acceptors (Lipinski definition) is 4. The molecule has 6 nitrogen and oxygen atoms in total. The van der Waals surface area contributed by atoms with Gasteiger partial charge >= 0.3 is 5.97 Å². The molecule has 0 aliphatic rings. The van der Waals surface area contributed by atoms with E-state index in [1.165, 1.54) is 18.2 Å². The first-order chi connectivity index (χ1) is 12.0. The van der Waals surface area contributed by atoms with Gasteiger partial charge in [0.1, 0.15) is 0 Å². The first-order valence-electron chi connectivity index (χ1n) is 7.34. The Balaban J connectivity index is 1.94. The van der Waals surface area contributed by atoms with Crippen molar-refractivity contribution in [1.29, 1.82) is 0 Å². The molecule has 0 spiro atoms. The van der Waals surface area contributed by atoms with E-state index in [-0.39, 0.29) is 22.0 Å². The number of anilines is 1. The maximum Gasteiger partial charge on any atom is 0.337 e. The molecular formula is C18H13ClN2O4. The first kappa shape index (κ1) is 16.7. The summed E-state index contributed by atoms with van der Waals surface area (Å²) in [5.74, 6) is -1.32. The highest BCUT2D eigenvalue weighted by Gasteiger charge is 2.22. The molecule has 1 aromatic heterocycles. The lowest BCUT2D eigenvalue weighted by Crippen LogP contribution is -2.16. The van der Waals surface area contributed by atoms with Gasteiger partial charge in [0.15, 0.2) is 11.5 Å². The summed E-state index contributed by atoms with van der Waals surface area (Å²) in [5.41, 5.74) is 1.31. The van der Waals surface area contributed by atoms with Gasteiger partial charge in [-0.05, 0) is 19.1 Å². The normalized spacial score (nSPS) is 10.5. The van der Waals surface area contributed by atoms with Gasteiger partial charge in [0, 0.05) is 11.1 Å². The smallest absolute Gasteiger partial charge is 0.337 e. The molecule has 3 aromatic rings. The minimum Gasteiger partial charge on any atom is -0.478 e. The lowest BCUT2D eigenvalue weighted by atomic mass is 10.1. The fourth-order valence-corrected chi connectivity index (χ4v) is 2.63. The van der Waals surface area contributed by atoms with Crippen molar-refractivity contribution in [1.82, 2.24) is 5.16 Å². The van der Waals surface area contributed by atoms with Crippen LogP contribution in [0.5, 0.6) is 0 Å². The van der Waals surface area contributed by atoms with Gasteiger partial charge in [-0.2, -0.15) is 0 Å². The zero-order valence-electron chi connectivity index (χ0n) is 13.1. The number of halogens is 1. The zero-order valence-corrected chi connectivity index (χ0v) is 13.9. The summed E-state index contributed by atoms with van der Waals surface area (Å²) < 4.78 is 5.29. The summed E-state index contributed by atoms with van der Waals surface area (Å²) in [5, 5.41) is 15.7. The van der Waals surface area contributed by atoms with Crippen molar-refractivity contribution in [3.8, 4) is 11.3 Å². The number of rotatable bonds is 4. The highest BCUT2D eigenvalue weighted by molar-refractivity contribution is 6.34. The second-order valence-corrected chi connectivity index (χ2v) is 5.68. The summed E-state index contributed by atoms with van der Waals surface area (Å²) in [6.07, 6.45) is 0. The van der Waals surface area contributed by atoms with Gasteiger partial charge in [-0.1, -0.05) is 53.2 Å². The van der Waals surface area contributed by atoms with E-state index in [4.69, 9.17) is 16.1 Å². The molecule has 126 valence electrons. The SMILES string of the molecule is Cc1c(C(=O)Nc2c(Cl)cccc2C(=O)O)noc1-c1ccccc1. The van der Waals surface area contributed by atoms with Crippen LogP contribution in [0.2, 0.25) is 5.02 Å². The van der Waals surface area contributed by atoms with Crippen LogP contribution in [0.3, 0.4) is 0 Å². The number of aromatic nitrogens is 1. The third-order valence-electron chi connectivity index (χ3n) is 3.66. The Labute approximate surface area is 148 Å². The Bertz CT molecular complexity index is 951. The maximum absolute atomic E-state index is 12.5. The van der Waals surface area contributed by atoms with Crippen LogP contribution in [0.4, 0.5) is 5.69 Å². The van der Waals surface area contributed by atoms with E-state index in [2.05, 4.69) is 10.5 Å². The Morgan fingerprint density at radius 3 is 2.52 bits per heavy atom. The number of carbonyl (C=O) groups is 2.